The van der Waals surface area contributed by atoms with Crippen molar-refractivity contribution < 1.29 is 9.59 Å². The van der Waals surface area contributed by atoms with Gasteiger partial charge in [0.25, 0.3) is 0 Å². The zero-order valence-corrected chi connectivity index (χ0v) is 23.2. The van der Waals surface area contributed by atoms with Crippen LogP contribution in [0.15, 0.2) is 78.9 Å². The highest BCUT2D eigenvalue weighted by atomic mass is 35.5. The second kappa shape index (κ2) is 13.4. The Bertz CT molecular complexity index is 1150. The summed E-state index contributed by atoms with van der Waals surface area (Å²) >= 11 is 6.25. The van der Waals surface area contributed by atoms with Gasteiger partial charge in [0.05, 0.1) is 0 Å². The van der Waals surface area contributed by atoms with Crippen LogP contribution in [0.1, 0.15) is 62.8 Å². The average molecular weight is 519 g/mol. The number of nitrogens with zero attached hydrogens (tertiary/aromatic N) is 1. The first-order valence-corrected chi connectivity index (χ1v) is 13.5. The minimum absolute atomic E-state index is 0.0487. The molecule has 0 aliphatic carbocycles. The molecule has 3 aromatic carbocycles. The van der Waals surface area contributed by atoms with Crippen molar-refractivity contribution in [3.05, 3.63) is 106 Å². The molecule has 3 rings (SSSR count). The summed E-state index contributed by atoms with van der Waals surface area (Å²) in [6.45, 7) is 9.48. The molecule has 0 aliphatic rings. The van der Waals surface area contributed by atoms with Gasteiger partial charge in [-0.3, -0.25) is 9.59 Å². The predicted octanol–water partition coefficient (Wildman–Crippen LogP) is 6.74. The minimum atomic E-state index is -0.622. The Morgan fingerprint density at radius 2 is 1.57 bits per heavy atom. The molecule has 0 aromatic heterocycles. The first-order chi connectivity index (χ1) is 17.7. The Balaban J connectivity index is 1.86. The number of rotatable bonds is 11. The summed E-state index contributed by atoms with van der Waals surface area (Å²) < 4.78 is 0. The van der Waals surface area contributed by atoms with Crippen molar-refractivity contribution in [2.75, 3.05) is 6.54 Å². The first kappa shape index (κ1) is 28.5. The Morgan fingerprint density at radius 3 is 2.19 bits per heavy atom. The summed E-state index contributed by atoms with van der Waals surface area (Å²) in [5.41, 5.74) is 4.37. The van der Waals surface area contributed by atoms with Gasteiger partial charge < -0.3 is 10.2 Å². The summed E-state index contributed by atoms with van der Waals surface area (Å²) in [6.07, 6.45) is 2.21. The van der Waals surface area contributed by atoms with Crippen molar-refractivity contribution in [3.63, 3.8) is 0 Å². The van der Waals surface area contributed by atoms with Crippen molar-refractivity contribution in [1.29, 1.82) is 0 Å². The topological polar surface area (TPSA) is 49.4 Å². The third-order valence-electron chi connectivity index (χ3n) is 6.51. The summed E-state index contributed by atoms with van der Waals surface area (Å²) in [6, 6.07) is 25.2. The summed E-state index contributed by atoms with van der Waals surface area (Å²) in [4.78, 5) is 28.9. The molecule has 5 heteroatoms. The lowest BCUT2D eigenvalue weighted by Crippen LogP contribution is -2.50. The van der Waals surface area contributed by atoms with Gasteiger partial charge in [-0.05, 0) is 52.6 Å². The summed E-state index contributed by atoms with van der Waals surface area (Å²) in [5.74, 6) is -0.178. The van der Waals surface area contributed by atoms with Crippen molar-refractivity contribution in [1.82, 2.24) is 10.2 Å². The molecule has 1 atom stereocenters. The number of carbonyl (C=O) groups is 2. The second-order valence-corrected chi connectivity index (χ2v) is 11.0. The number of aryl methyl sites for hydroxylation is 1. The van der Waals surface area contributed by atoms with E-state index < -0.39 is 6.04 Å². The van der Waals surface area contributed by atoms with Crippen LogP contribution in [0.25, 0.3) is 0 Å². The molecular weight excluding hydrogens is 480 g/mol. The quantitative estimate of drug-likeness (QED) is 0.305. The summed E-state index contributed by atoms with van der Waals surface area (Å²) in [5, 5.41) is 3.63. The van der Waals surface area contributed by atoms with E-state index in [0.29, 0.717) is 37.4 Å². The van der Waals surface area contributed by atoms with Crippen molar-refractivity contribution in [2.45, 2.75) is 71.4 Å². The van der Waals surface area contributed by atoms with Crippen LogP contribution < -0.4 is 5.32 Å². The zero-order valence-electron chi connectivity index (χ0n) is 22.5. The van der Waals surface area contributed by atoms with Crippen LogP contribution in [0.3, 0.4) is 0 Å². The molecule has 1 N–H and O–H groups in total. The highest BCUT2D eigenvalue weighted by molar-refractivity contribution is 6.30. The molecule has 4 nitrogen and oxygen atoms in total. The maximum absolute atomic E-state index is 13.8. The number of benzene rings is 3. The van der Waals surface area contributed by atoms with E-state index in [9.17, 15) is 9.59 Å². The lowest BCUT2D eigenvalue weighted by Gasteiger charge is -2.32. The second-order valence-electron chi connectivity index (χ2n) is 10.6. The fraction of sp³-hybridized carbons (Fsp3) is 0.375. The maximum atomic E-state index is 13.8. The molecule has 0 radical (unpaired) electrons. The zero-order chi connectivity index (χ0) is 26.8. The van der Waals surface area contributed by atoms with E-state index in [4.69, 9.17) is 11.6 Å². The van der Waals surface area contributed by atoms with E-state index in [1.165, 1.54) is 5.56 Å². The molecule has 3 aromatic rings. The molecule has 0 unspecified atom stereocenters. The molecule has 196 valence electrons. The van der Waals surface area contributed by atoms with Crippen molar-refractivity contribution >= 4 is 23.4 Å². The normalized spacial score (nSPS) is 12.1. The molecule has 0 aliphatic heterocycles. The van der Waals surface area contributed by atoms with Gasteiger partial charge in [-0.25, -0.2) is 0 Å². The monoisotopic (exact) mass is 518 g/mol. The number of nitrogens with one attached hydrogen (secondary N) is 1. The van der Waals surface area contributed by atoms with Crippen LogP contribution in [0.5, 0.6) is 0 Å². The van der Waals surface area contributed by atoms with Crippen LogP contribution >= 0.6 is 11.6 Å². The van der Waals surface area contributed by atoms with E-state index in [1.807, 2.05) is 61.5 Å². The predicted molar refractivity (Wildman–Crippen MR) is 153 cm³/mol. The molecule has 0 saturated carbocycles. The van der Waals surface area contributed by atoms with Gasteiger partial charge in [-0.2, -0.15) is 0 Å². The number of halogens is 1. The Labute approximate surface area is 227 Å². The van der Waals surface area contributed by atoms with E-state index in [0.717, 1.165) is 23.1 Å². The van der Waals surface area contributed by atoms with Crippen molar-refractivity contribution in [3.8, 4) is 0 Å². The molecule has 0 bridgehead atoms. The number of hydrogen-bond acceptors (Lipinski definition) is 2. The van der Waals surface area contributed by atoms with Crippen LogP contribution in [-0.4, -0.2) is 29.3 Å². The molecule has 0 heterocycles. The van der Waals surface area contributed by atoms with Gasteiger partial charge in [-0.1, -0.05) is 106 Å². The first-order valence-electron chi connectivity index (χ1n) is 13.1. The van der Waals surface area contributed by atoms with E-state index in [1.54, 1.807) is 4.90 Å². The number of hydrogen-bond donors (Lipinski definition) is 1. The van der Waals surface area contributed by atoms with Gasteiger partial charge in [0.15, 0.2) is 0 Å². The van der Waals surface area contributed by atoms with Gasteiger partial charge >= 0.3 is 0 Å². The molecular formula is C32H39ClN2O2. The van der Waals surface area contributed by atoms with E-state index in [2.05, 4.69) is 50.4 Å². The van der Waals surface area contributed by atoms with E-state index >= 15 is 0 Å². The van der Waals surface area contributed by atoms with E-state index in [-0.39, 0.29) is 17.2 Å². The van der Waals surface area contributed by atoms with Crippen LogP contribution in [0.2, 0.25) is 5.02 Å². The van der Waals surface area contributed by atoms with Crippen LogP contribution in [0.4, 0.5) is 0 Å². The molecule has 0 saturated heterocycles. The van der Waals surface area contributed by atoms with Crippen molar-refractivity contribution in [2.24, 2.45) is 0 Å². The van der Waals surface area contributed by atoms with Crippen LogP contribution in [-0.2, 0) is 34.4 Å². The minimum Gasteiger partial charge on any atom is -0.354 e. The smallest absolute Gasteiger partial charge is 0.243 e. The fourth-order valence-electron chi connectivity index (χ4n) is 4.32. The third-order valence-corrected chi connectivity index (χ3v) is 6.74. The Kier molecular flexibility index (Phi) is 10.3. The lowest BCUT2D eigenvalue weighted by atomic mass is 9.86. The average Bonchev–Trinajstić information content (AvgIpc) is 2.88. The van der Waals surface area contributed by atoms with Gasteiger partial charge in [-0.15, -0.1) is 0 Å². The highest BCUT2D eigenvalue weighted by Crippen LogP contribution is 2.23. The van der Waals surface area contributed by atoms with Gasteiger partial charge in [0.1, 0.15) is 6.04 Å². The highest BCUT2D eigenvalue weighted by Gasteiger charge is 2.30. The number of carbonyl (C=O) groups excluding carboxylic acids is 2. The van der Waals surface area contributed by atoms with Crippen LogP contribution in [0, 0.1) is 0 Å². The molecule has 0 fully saturated rings. The largest absolute Gasteiger partial charge is 0.354 e. The molecule has 0 spiro atoms. The third kappa shape index (κ3) is 8.75. The SMILES string of the molecule is CCCNC(=O)[C@@H](Cc1ccccc1)N(Cc1cccc(Cl)c1)C(=O)CCc1ccc(C(C)(C)C)cc1. The van der Waals surface area contributed by atoms with Gasteiger partial charge in [0, 0.05) is 31.0 Å². The van der Waals surface area contributed by atoms with Gasteiger partial charge in [0.2, 0.25) is 11.8 Å². The maximum Gasteiger partial charge on any atom is 0.243 e. The Morgan fingerprint density at radius 1 is 0.892 bits per heavy atom. The summed E-state index contributed by atoms with van der Waals surface area (Å²) in [7, 11) is 0. The fourth-order valence-corrected chi connectivity index (χ4v) is 4.53. The molecule has 2 amide bonds. The molecule has 37 heavy (non-hydrogen) atoms. The standard InChI is InChI=1S/C32H39ClN2O2/c1-5-20-34-31(37)29(22-25-10-7-6-8-11-25)35(23-26-12-9-13-28(33)21-26)30(36)19-16-24-14-17-27(18-15-24)32(2,3)4/h6-15,17-18,21,29H,5,16,19-20,22-23H2,1-4H3,(H,34,37)/t29-/m1/s1. The lowest BCUT2D eigenvalue weighted by molar-refractivity contribution is -0.141. The number of amides is 2. The Hall–Kier alpha value is -3.11.